The number of benzene rings is 1. The predicted octanol–water partition coefficient (Wildman–Crippen LogP) is 4.30. The molecule has 1 atom stereocenters. The molecule has 0 spiro atoms. The lowest BCUT2D eigenvalue weighted by atomic mass is 9.96. The van der Waals surface area contributed by atoms with Gasteiger partial charge in [-0.25, -0.2) is 0 Å². The third kappa shape index (κ3) is 4.32. The van der Waals surface area contributed by atoms with Crippen LogP contribution in [0.15, 0.2) is 18.2 Å². The smallest absolute Gasteiger partial charge is 0.416 e. The molecule has 1 saturated heterocycles. The molecule has 1 fully saturated rings. The van der Waals surface area contributed by atoms with Crippen LogP contribution in [0.5, 0.6) is 5.75 Å². The first-order valence-electron chi connectivity index (χ1n) is 10.2. The molecule has 3 N–H and O–H groups in total. The van der Waals surface area contributed by atoms with E-state index in [1.807, 2.05) is 0 Å². The molecule has 4 rings (SSSR count). The topological polar surface area (TPSA) is 70.1 Å². The Bertz CT molecular complexity index is 879. The van der Waals surface area contributed by atoms with Gasteiger partial charge in [-0.1, -0.05) is 6.42 Å². The van der Waals surface area contributed by atoms with Crippen LogP contribution in [0.4, 0.5) is 19.0 Å². The van der Waals surface area contributed by atoms with Gasteiger partial charge >= 0.3 is 6.18 Å². The van der Waals surface area contributed by atoms with Gasteiger partial charge in [0.15, 0.2) is 5.82 Å². The summed E-state index contributed by atoms with van der Waals surface area (Å²) < 4.78 is 38.9. The van der Waals surface area contributed by atoms with Crippen molar-refractivity contribution in [3.8, 4) is 17.0 Å². The van der Waals surface area contributed by atoms with Crippen molar-refractivity contribution in [2.75, 3.05) is 18.4 Å². The zero-order chi connectivity index (χ0) is 20.4. The molecule has 0 bridgehead atoms. The maximum absolute atomic E-state index is 13.0. The average molecular weight is 406 g/mol. The van der Waals surface area contributed by atoms with E-state index in [1.165, 1.54) is 6.07 Å². The standard InChI is InChI=1S/C21H25F3N4O/c22-21(23,24)13-8-9-17(18(29)11-13)19-15-6-2-1-3-7-16(15)20(28-27-19)26-14-5-4-10-25-12-14/h8-9,11,14,25,29H,1-7,10,12H2,(H,26,28). The van der Waals surface area contributed by atoms with E-state index in [9.17, 15) is 18.3 Å². The summed E-state index contributed by atoms with van der Waals surface area (Å²) in [7, 11) is 0. The fourth-order valence-corrected chi connectivity index (χ4v) is 4.23. The van der Waals surface area contributed by atoms with Crippen LogP contribution in [-0.4, -0.2) is 34.4 Å². The van der Waals surface area contributed by atoms with Gasteiger partial charge in [0.25, 0.3) is 0 Å². The van der Waals surface area contributed by atoms with Gasteiger partial charge in [-0.2, -0.15) is 13.2 Å². The summed E-state index contributed by atoms with van der Waals surface area (Å²) in [5, 5.41) is 25.9. The minimum Gasteiger partial charge on any atom is -0.507 e. The Kier molecular flexibility index (Phi) is 5.63. The van der Waals surface area contributed by atoms with Gasteiger partial charge in [0.2, 0.25) is 0 Å². The summed E-state index contributed by atoms with van der Waals surface area (Å²) in [6, 6.07) is 3.33. The molecule has 1 aromatic carbocycles. The summed E-state index contributed by atoms with van der Waals surface area (Å²) in [5.74, 6) is 0.350. The second-order valence-electron chi connectivity index (χ2n) is 7.83. The molecule has 1 unspecified atom stereocenters. The number of hydrogen-bond acceptors (Lipinski definition) is 5. The van der Waals surface area contributed by atoms with Crippen LogP contribution in [0.2, 0.25) is 0 Å². The highest BCUT2D eigenvalue weighted by atomic mass is 19.4. The molecule has 2 heterocycles. The average Bonchev–Trinajstić information content (AvgIpc) is 2.95. The number of anilines is 1. The number of nitrogens with one attached hydrogen (secondary N) is 2. The highest BCUT2D eigenvalue weighted by Crippen LogP contribution is 2.39. The quantitative estimate of drug-likeness (QED) is 0.663. The predicted molar refractivity (Wildman–Crippen MR) is 105 cm³/mol. The van der Waals surface area contributed by atoms with Gasteiger partial charge in [-0.3, -0.25) is 0 Å². The van der Waals surface area contributed by atoms with E-state index < -0.39 is 17.5 Å². The molecule has 2 aliphatic rings. The van der Waals surface area contributed by atoms with E-state index in [4.69, 9.17) is 0 Å². The third-order valence-electron chi connectivity index (χ3n) is 5.76. The number of nitrogens with zero attached hydrogens (tertiary/aromatic N) is 2. The zero-order valence-corrected chi connectivity index (χ0v) is 16.1. The number of aromatic hydroxyl groups is 1. The molecule has 1 aromatic heterocycles. The van der Waals surface area contributed by atoms with E-state index >= 15 is 0 Å². The second kappa shape index (κ2) is 8.18. The number of rotatable bonds is 3. The van der Waals surface area contributed by atoms with E-state index in [0.29, 0.717) is 11.3 Å². The first kappa shape index (κ1) is 19.9. The van der Waals surface area contributed by atoms with E-state index in [0.717, 1.165) is 87.1 Å². The normalized spacial score (nSPS) is 20.0. The first-order chi connectivity index (χ1) is 13.9. The number of alkyl halides is 3. The molecule has 0 amide bonds. The maximum Gasteiger partial charge on any atom is 0.416 e. The maximum atomic E-state index is 13.0. The molecule has 5 nitrogen and oxygen atoms in total. The Morgan fingerprint density at radius 1 is 1.03 bits per heavy atom. The minimum absolute atomic E-state index is 0.288. The van der Waals surface area contributed by atoms with Crippen molar-refractivity contribution in [1.82, 2.24) is 15.5 Å². The first-order valence-corrected chi connectivity index (χ1v) is 10.2. The highest BCUT2D eigenvalue weighted by molar-refractivity contribution is 5.73. The number of phenolic OH excluding ortho intramolecular Hbond substituents is 1. The molecule has 1 aliphatic heterocycles. The fraction of sp³-hybridized carbons (Fsp3) is 0.524. The number of fused-ring (bicyclic) bond motifs is 1. The van der Waals surface area contributed by atoms with Gasteiger partial charge < -0.3 is 15.7 Å². The molecule has 156 valence electrons. The molecular formula is C21H25F3N4O. The monoisotopic (exact) mass is 406 g/mol. The molecule has 2 aromatic rings. The molecule has 1 aliphatic carbocycles. The summed E-state index contributed by atoms with van der Waals surface area (Å²) in [6.07, 6.45) is 2.39. The van der Waals surface area contributed by atoms with Gasteiger partial charge in [-0.15, -0.1) is 10.2 Å². The lowest BCUT2D eigenvalue weighted by Crippen LogP contribution is -2.39. The Labute approximate surface area is 167 Å². The Balaban J connectivity index is 1.73. The van der Waals surface area contributed by atoms with Crippen molar-refractivity contribution in [3.63, 3.8) is 0 Å². The lowest BCUT2D eigenvalue weighted by molar-refractivity contribution is -0.137. The fourth-order valence-electron chi connectivity index (χ4n) is 4.23. The van der Waals surface area contributed by atoms with E-state index in [-0.39, 0.29) is 6.04 Å². The molecule has 29 heavy (non-hydrogen) atoms. The number of hydrogen-bond donors (Lipinski definition) is 3. The van der Waals surface area contributed by atoms with Crippen molar-refractivity contribution in [1.29, 1.82) is 0 Å². The molecule has 8 heteroatoms. The summed E-state index contributed by atoms with van der Waals surface area (Å²) >= 11 is 0. The highest BCUT2D eigenvalue weighted by Gasteiger charge is 2.32. The van der Waals surface area contributed by atoms with Gasteiger partial charge in [-0.05, 0) is 68.8 Å². The van der Waals surface area contributed by atoms with Crippen LogP contribution in [0, 0.1) is 0 Å². The number of halogens is 3. The van der Waals surface area contributed by atoms with Crippen LogP contribution >= 0.6 is 0 Å². The van der Waals surface area contributed by atoms with Crippen LogP contribution in [0.3, 0.4) is 0 Å². The van der Waals surface area contributed by atoms with E-state index in [2.05, 4.69) is 20.8 Å². The summed E-state index contributed by atoms with van der Waals surface area (Å²) in [4.78, 5) is 0. The van der Waals surface area contributed by atoms with Crippen LogP contribution < -0.4 is 10.6 Å². The van der Waals surface area contributed by atoms with Crippen LogP contribution in [0.1, 0.15) is 48.8 Å². The Morgan fingerprint density at radius 3 is 2.52 bits per heavy atom. The number of phenols is 1. The third-order valence-corrected chi connectivity index (χ3v) is 5.76. The molecule has 0 radical (unpaired) electrons. The Morgan fingerprint density at radius 2 is 1.83 bits per heavy atom. The van der Waals surface area contributed by atoms with Crippen molar-refractivity contribution < 1.29 is 18.3 Å². The van der Waals surface area contributed by atoms with Gasteiger partial charge in [0, 0.05) is 23.7 Å². The number of aromatic nitrogens is 2. The number of piperidine rings is 1. The van der Waals surface area contributed by atoms with Gasteiger partial charge in [0.05, 0.1) is 5.56 Å². The lowest BCUT2D eigenvalue weighted by Gasteiger charge is -2.26. The van der Waals surface area contributed by atoms with E-state index in [1.54, 1.807) is 0 Å². The summed E-state index contributed by atoms with van der Waals surface area (Å²) in [5.41, 5.74) is 1.98. The SMILES string of the molecule is Oc1cc(C(F)(F)F)ccc1-c1nnc(NC2CCCNC2)c2c1CCCCC2. The van der Waals surface area contributed by atoms with Crippen LogP contribution in [0.25, 0.3) is 11.3 Å². The van der Waals surface area contributed by atoms with Crippen LogP contribution in [-0.2, 0) is 19.0 Å². The minimum atomic E-state index is -4.50. The van der Waals surface area contributed by atoms with Crippen molar-refractivity contribution in [3.05, 3.63) is 34.9 Å². The van der Waals surface area contributed by atoms with Crippen molar-refractivity contribution in [2.45, 2.75) is 57.2 Å². The van der Waals surface area contributed by atoms with Crippen molar-refractivity contribution in [2.24, 2.45) is 0 Å². The molecule has 0 saturated carbocycles. The molecular weight excluding hydrogens is 381 g/mol. The zero-order valence-electron chi connectivity index (χ0n) is 16.1. The second-order valence-corrected chi connectivity index (χ2v) is 7.83. The van der Waals surface area contributed by atoms with Gasteiger partial charge in [0.1, 0.15) is 11.4 Å². The van der Waals surface area contributed by atoms with Crippen molar-refractivity contribution >= 4 is 5.82 Å². The Hall–Kier alpha value is -2.35. The largest absolute Gasteiger partial charge is 0.507 e. The summed E-state index contributed by atoms with van der Waals surface area (Å²) in [6.45, 7) is 1.89.